The van der Waals surface area contributed by atoms with E-state index in [0.29, 0.717) is 42.4 Å². The van der Waals surface area contributed by atoms with Crippen LogP contribution in [-0.4, -0.2) is 57.7 Å². The van der Waals surface area contributed by atoms with Crippen molar-refractivity contribution in [3.05, 3.63) is 77.9 Å². The Morgan fingerprint density at radius 2 is 1.70 bits per heavy atom. The Bertz CT molecular complexity index is 1260. The zero-order valence-electron chi connectivity index (χ0n) is 21.4. The summed E-state index contributed by atoms with van der Waals surface area (Å²) in [5.41, 5.74) is 3.16. The Morgan fingerprint density at radius 1 is 0.919 bits per heavy atom. The summed E-state index contributed by atoms with van der Waals surface area (Å²) in [7, 11) is 6.37. The van der Waals surface area contributed by atoms with Crippen molar-refractivity contribution in [2.24, 2.45) is 5.16 Å². The van der Waals surface area contributed by atoms with Crippen LogP contribution in [0.3, 0.4) is 0 Å². The van der Waals surface area contributed by atoms with Gasteiger partial charge in [0.05, 0.1) is 46.4 Å². The minimum Gasteiger partial charge on any atom is -0.497 e. The van der Waals surface area contributed by atoms with Gasteiger partial charge in [-0.15, -0.1) is 0 Å². The van der Waals surface area contributed by atoms with Crippen LogP contribution in [0, 0.1) is 0 Å². The van der Waals surface area contributed by atoms with Crippen molar-refractivity contribution in [3.63, 3.8) is 0 Å². The average Bonchev–Trinajstić information content (AvgIpc) is 3.41. The SMILES string of the molecule is COc1cccc(CN(C[C@H]2CC(c3ccc(OC)c(OC)c3)=NO2)C(=O)Nc2ccccc2OC)c1. The van der Waals surface area contributed by atoms with Gasteiger partial charge in [0, 0.05) is 18.5 Å². The van der Waals surface area contributed by atoms with Crippen molar-refractivity contribution in [1.29, 1.82) is 0 Å². The summed E-state index contributed by atoms with van der Waals surface area (Å²) in [5.74, 6) is 2.55. The first kappa shape index (κ1) is 25.7. The van der Waals surface area contributed by atoms with Gasteiger partial charge in [-0.05, 0) is 48.0 Å². The number of para-hydroxylation sites is 2. The molecule has 9 nitrogen and oxygen atoms in total. The van der Waals surface area contributed by atoms with Crippen LogP contribution in [0.15, 0.2) is 71.9 Å². The lowest BCUT2D eigenvalue weighted by Gasteiger charge is -2.26. The van der Waals surface area contributed by atoms with Gasteiger partial charge in [-0.2, -0.15) is 0 Å². The number of carbonyl (C=O) groups is 1. The van der Waals surface area contributed by atoms with Crippen molar-refractivity contribution >= 4 is 17.4 Å². The number of nitrogens with zero attached hydrogens (tertiary/aromatic N) is 2. The molecule has 1 heterocycles. The Balaban J connectivity index is 1.51. The van der Waals surface area contributed by atoms with Gasteiger partial charge in [0.2, 0.25) is 0 Å². The predicted octanol–water partition coefficient (Wildman–Crippen LogP) is 4.95. The molecular weight excluding hydrogens is 474 g/mol. The predicted molar refractivity (Wildman–Crippen MR) is 141 cm³/mol. The van der Waals surface area contributed by atoms with E-state index in [4.69, 9.17) is 23.8 Å². The Kier molecular flexibility index (Phi) is 8.35. The van der Waals surface area contributed by atoms with E-state index >= 15 is 0 Å². The second-order valence-electron chi connectivity index (χ2n) is 8.40. The smallest absolute Gasteiger partial charge is 0.322 e. The van der Waals surface area contributed by atoms with Crippen molar-refractivity contribution in [1.82, 2.24) is 4.90 Å². The summed E-state index contributed by atoms with van der Waals surface area (Å²) in [6.07, 6.45) is 0.212. The fourth-order valence-electron chi connectivity index (χ4n) is 4.11. The molecule has 3 aromatic rings. The number of benzene rings is 3. The van der Waals surface area contributed by atoms with Gasteiger partial charge in [0.1, 0.15) is 11.5 Å². The zero-order chi connectivity index (χ0) is 26.2. The van der Waals surface area contributed by atoms with Gasteiger partial charge in [0.15, 0.2) is 17.6 Å². The maximum absolute atomic E-state index is 13.4. The molecule has 1 N–H and O–H groups in total. The largest absolute Gasteiger partial charge is 0.497 e. The molecule has 0 unspecified atom stereocenters. The van der Waals surface area contributed by atoms with Crippen LogP contribution in [0.4, 0.5) is 10.5 Å². The number of methoxy groups -OCH3 is 4. The van der Waals surface area contributed by atoms with E-state index in [1.165, 1.54) is 0 Å². The maximum atomic E-state index is 13.4. The summed E-state index contributed by atoms with van der Waals surface area (Å²) >= 11 is 0. The van der Waals surface area contributed by atoms with Gasteiger partial charge in [-0.1, -0.05) is 29.4 Å². The molecule has 194 valence electrons. The minimum atomic E-state index is -0.322. The Morgan fingerprint density at radius 3 is 2.46 bits per heavy atom. The lowest BCUT2D eigenvalue weighted by molar-refractivity contribution is 0.0608. The van der Waals surface area contributed by atoms with Crippen LogP contribution in [-0.2, 0) is 11.4 Å². The topological polar surface area (TPSA) is 90.9 Å². The molecule has 0 bridgehead atoms. The van der Waals surface area contributed by atoms with Gasteiger partial charge in [-0.3, -0.25) is 0 Å². The number of hydrogen-bond donors (Lipinski definition) is 1. The second kappa shape index (κ2) is 12.0. The molecular formula is C28H31N3O6. The molecule has 0 fully saturated rings. The van der Waals surface area contributed by atoms with E-state index in [0.717, 1.165) is 22.6 Å². The average molecular weight is 506 g/mol. The van der Waals surface area contributed by atoms with Crippen LogP contribution in [0.1, 0.15) is 17.5 Å². The minimum absolute atomic E-state index is 0.282. The van der Waals surface area contributed by atoms with Crippen molar-refractivity contribution in [2.75, 3.05) is 40.3 Å². The highest BCUT2D eigenvalue weighted by atomic mass is 16.6. The number of carbonyl (C=O) groups excluding carboxylic acids is 1. The molecule has 0 aliphatic carbocycles. The van der Waals surface area contributed by atoms with E-state index in [9.17, 15) is 4.79 Å². The van der Waals surface area contributed by atoms with Gasteiger partial charge < -0.3 is 34.0 Å². The van der Waals surface area contributed by atoms with Crippen LogP contribution >= 0.6 is 0 Å². The molecule has 1 aliphatic heterocycles. The van der Waals surface area contributed by atoms with E-state index in [1.807, 2.05) is 54.6 Å². The molecule has 0 saturated carbocycles. The third kappa shape index (κ3) is 6.24. The van der Waals surface area contributed by atoms with Crippen LogP contribution in [0.2, 0.25) is 0 Å². The number of ether oxygens (including phenoxy) is 4. The van der Waals surface area contributed by atoms with Gasteiger partial charge >= 0.3 is 6.03 Å². The normalized spacial score (nSPS) is 14.3. The number of nitrogens with one attached hydrogen (secondary N) is 1. The Labute approximate surface area is 216 Å². The molecule has 0 spiro atoms. The fraction of sp³-hybridized carbons (Fsp3) is 0.286. The molecule has 37 heavy (non-hydrogen) atoms. The lowest BCUT2D eigenvalue weighted by atomic mass is 10.0. The first-order valence-corrected chi connectivity index (χ1v) is 11.8. The van der Waals surface area contributed by atoms with Gasteiger partial charge in [-0.25, -0.2) is 4.79 Å². The highest BCUT2D eigenvalue weighted by molar-refractivity contribution is 6.01. The Hall–Kier alpha value is -4.40. The summed E-state index contributed by atoms with van der Waals surface area (Å²) in [6.45, 7) is 0.669. The number of urea groups is 1. The quantitative estimate of drug-likeness (QED) is 0.419. The molecule has 3 aromatic carbocycles. The first-order valence-electron chi connectivity index (χ1n) is 11.8. The molecule has 4 rings (SSSR count). The summed E-state index contributed by atoms with van der Waals surface area (Å²) < 4.78 is 21.5. The monoisotopic (exact) mass is 505 g/mol. The molecule has 9 heteroatoms. The third-order valence-electron chi connectivity index (χ3n) is 6.02. The highest BCUT2D eigenvalue weighted by Gasteiger charge is 2.28. The molecule has 0 aromatic heterocycles. The molecule has 1 atom stereocenters. The molecule has 2 amide bonds. The van der Waals surface area contributed by atoms with Crippen LogP contribution in [0.5, 0.6) is 23.0 Å². The number of oxime groups is 1. The van der Waals surface area contributed by atoms with E-state index in [-0.39, 0.29) is 12.1 Å². The van der Waals surface area contributed by atoms with Crippen molar-refractivity contribution in [2.45, 2.75) is 19.1 Å². The molecule has 0 radical (unpaired) electrons. The molecule has 1 aliphatic rings. The van der Waals surface area contributed by atoms with Crippen molar-refractivity contribution < 1.29 is 28.6 Å². The standard InChI is InChI=1S/C28H31N3O6/c1-33-21-9-7-8-19(14-21)17-31(28(32)29-23-10-5-6-11-25(23)34-2)18-22-16-24(30-37-22)20-12-13-26(35-3)27(15-20)36-4/h5-15,22H,16-18H2,1-4H3,(H,29,32)/t22-/m1/s1. The highest BCUT2D eigenvalue weighted by Crippen LogP contribution is 2.30. The molecule has 0 saturated heterocycles. The second-order valence-corrected chi connectivity index (χ2v) is 8.40. The number of anilines is 1. The summed E-state index contributed by atoms with van der Waals surface area (Å²) in [4.78, 5) is 20.9. The lowest BCUT2D eigenvalue weighted by Crippen LogP contribution is -2.40. The third-order valence-corrected chi connectivity index (χ3v) is 6.02. The number of rotatable bonds is 10. The zero-order valence-corrected chi connectivity index (χ0v) is 21.4. The van der Waals surface area contributed by atoms with E-state index in [1.54, 1.807) is 45.5 Å². The van der Waals surface area contributed by atoms with E-state index < -0.39 is 0 Å². The van der Waals surface area contributed by atoms with Gasteiger partial charge in [0.25, 0.3) is 0 Å². The number of hydrogen-bond acceptors (Lipinski definition) is 7. The summed E-state index contributed by atoms with van der Waals surface area (Å²) in [5, 5.41) is 7.26. The van der Waals surface area contributed by atoms with Crippen molar-refractivity contribution in [3.8, 4) is 23.0 Å². The van der Waals surface area contributed by atoms with E-state index in [2.05, 4.69) is 10.5 Å². The van der Waals surface area contributed by atoms with Crippen LogP contribution in [0.25, 0.3) is 0 Å². The summed E-state index contributed by atoms with van der Waals surface area (Å²) in [6, 6.07) is 20.2. The number of amides is 2. The first-order chi connectivity index (χ1) is 18.0. The fourth-order valence-corrected chi connectivity index (χ4v) is 4.11. The maximum Gasteiger partial charge on any atom is 0.322 e. The van der Waals surface area contributed by atoms with Crippen LogP contribution < -0.4 is 24.3 Å².